The average Bonchev–Trinajstić information content (AvgIpc) is 2.55. The third-order valence-corrected chi connectivity index (χ3v) is 5.95. The van der Waals surface area contributed by atoms with E-state index in [1.165, 1.54) is 18.2 Å². The van der Waals surface area contributed by atoms with Crippen LogP contribution in [-0.4, -0.2) is 31.7 Å². The van der Waals surface area contributed by atoms with Gasteiger partial charge in [0, 0.05) is 22.3 Å². The number of nitrogens with zero attached hydrogens (tertiary/aromatic N) is 1. The van der Waals surface area contributed by atoms with Crippen LogP contribution in [0.25, 0.3) is 0 Å². The number of anilines is 1. The summed E-state index contributed by atoms with van der Waals surface area (Å²) in [6.07, 6.45) is 0.561. The van der Waals surface area contributed by atoms with Gasteiger partial charge in [-0.15, -0.1) is 0 Å². The highest BCUT2D eigenvalue weighted by molar-refractivity contribution is 7.89. The lowest BCUT2D eigenvalue weighted by Crippen LogP contribution is -2.38. The maximum absolute atomic E-state index is 12.9. The molecule has 2 aromatic rings. The van der Waals surface area contributed by atoms with Crippen LogP contribution in [0.5, 0.6) is 0 Å². The highest BCUT2D eigenvalue weighted by Crippen LogP contribution is 2.25. The van der Waals surface area contributed by atoms with Gasteiger partial charge >= 0.3 is 0 Å². The van der Waals surface area contributed by atoms with Gasteiger partial charge in [0.2, 0.25) is 15.9 Å². The molecule has 0 fully saturated rings. The van der Waals surface area contributed by atoms with Gasteiger partial charge in [-0.1, -0.05) is 48.3 Å². The number of amides is 1. The molecular weight excluding hydrogens is 395 g/mol. The third-order valence-electron chi connectivity index (χ3n) is 3.69. The molecule has 1 N–H and O–H groups in total. The Morgan fingerprint density at radius 2 is 1.73 bits per heavy atom. The van der Waals surface area contributed by atoms with Gasteiger partial charge in [0.1, 0.15) is 0 Å². The summed E-state index contributed by atoms with van der Waals surface area (Å²) in [6, 6.07) is 11.4. The lowest BCUT2D eigenvalue weighted by molar-refractivity contribution is -0.116. The lowest BCUT2D eigenvalue weighted by Gasteiger charge is -2.21. The van der Waals surface area contributed by atoms with E-state index in [0.717, 1.165) is 9.87 Å². The van der Waals surface area contributed by atoms with Gasteiger partial charge in [-0.2, -0.15) is 4.31 Å². The number of rotatable bonds is 7. The molecule has 0 aliphatic rings. The molecule has 26 heavy (non-hydrogen) atoms. The van der Waals surface area contributed by atoms with Crippen molar-refractivity contribution in [2.24, 2.45) is 0 Å². The number of sulfonamides is 1. The fourth-order valence-electron chi connectivity index (χ4n) is 2.42. The van der Waals surface area contributed by atoms with Gasteiger partial charge in [0.05, 0.1) is 11.4 Å². The number of benzene rings is 2. The van der Waals surface area contributed by atoms with E-state index >= 15 is 0 Å². The summed E-state index contributed by atoms with van der Waals surface area (Å²) >= 11 is 11.8. The summed E-state index contributed by atoms with van der Waals surface area (Å²) in [4.78, 5) is 12.4. The molecule has 0 radical (unpaired) electrons. The monoisotopic (exact) mass is 414 g/mol. The van der Waals surface area contributed by atoms with Crippen molar-refractivity contribution >= 4 is 44.8 Å². The van der Waals surface area contributed by atoms with Crippen molar-refractivity contribution in [3.63, 3.8) is 0 Å². The summed E-state index contributed by atoms with van der Waals surface area (Å²) in [7, 11) is -3.90. The molecular formula is C18H20Cl2N2O3S. The Kier molecular flexibility index (Phi) is 7.06. The van der Waals surface area contributed by atoms with E-state index in [2.05, 4.69) is 5.32 Å². The molecule has 140 valence electrons. The second-order valence-electron chi connectivity index (χ2n) is 5.81. The van der Waals surface area contributed by atoms with Crippen LogP contribution in [0, 0.1) is 6.92 Å². The molecule has 0 aliphatic heterocycles. The van der Waals surface area contributed by atoms with Gasteiger partial charge < -0.3 is 5.32 Å². The predicted molar refractivity (Wildman–Crippen MR) is 105 cm³/mol. The molecule has 0 spiro atoms. The maximum atomic E-state index is 12.9. The quantitative estimate of drug-likeness (QED) is 0.732. The van der Waals surface area contributed by atoms with E-state index in [1.54, 1.807) is 12.1 Å². The van der Waals surface area contributed by atoms with Crippen molar-refractivity contribution in [1.29, 1.82) is 0 Å². The first-order chi connectivity index (χ1) is 12.2. The fraction of sp³-hybridized carbons (Fsp3) is 0.278. The lowest BCUT2D eigenvalue weighted by atomic mass is 10.2. The number of nitrogens with one attached hydrogen (secondary N) is 1. The minimum atomic E-state index is -3.90. The zero-order valence-corrected chi connectivity index (χ0v) is 16.8. The molecule has 0 bridgehead atoms. The third kappa shape index (κ3) is 5.20. The molecule has 0 atom stereocenters. The van der Waals surface area contributed by atoms with E-state index in [0.29, 0.717) is 12.1 Å². The Morgan fingerprint density at radius 3 is 2.31 bits per heavy atom. The molecule has 8 heteroatoms. The molecule has 0 heterocycles. The van der Waals surface area contributed by atoms with Gasteiger partial charge in [0.15, 0.2) is 0 Å². The highest BCUT2D eigenvalue weighted by atomic mass is 35.5. The number of carbonyl (C=O) groups is 1. The van der Waals surface area contributed by atoms with Crippen molar-refractivity contribution in [3.8, 4) is 0 Å². The smallest absolute Gasteiger partial charge is 0.243 e. The van der Waals surface area contributed by atoms with Crippen LogP contribution in [0.1, 0.15) is 18.9 Å². The van der Waals surface area contributed by atoms with E-state index in [4.69, 9.17) is 23.2 Å². The van der Waals surface area contributed by atoms with E-state index < -0.39 is 15.9 Å². The maximum Gasteiger partial charge on any atom is 0.243 e. The zero-order chi connectivity index (χ0) is 19.3. The van der Waals surface area contributed by atoms with Crippen LogP contribution in [0.4, 0.5) is 5.69 Å². The van der Waals surface area contributed by atoms with Crippen molar-refractivity contribution in [3.05, 3.63) is 58.1 Å². The second-order valence-corrected chi connectivity index (χ2v) is 8.62. The van der Waals surface area contributed by atoms with E-state index in [1.807, 2.05) is 26.0 Å². The van der Waals surface area contributed by atoms with Gasteiger partial charge in [-0.05, 0) is 43.2 Å². The summed E-state index contributed by atoms with van der Waals surface area (Å²) in [5.41, 5.74) is 1.55. The highest BCUT2D eigenvalue weighted by Gasteiger charge is 2.26. The second kappa shape index (κ2) is 8.86. The number of aryl methyl sites for hydroxylation is 1. The topological polar surface area (TPSA) is 66.5 Å². The number of hydrogen-bond acceptors (Lipinski definition) is 3. The number of hydrogen-bond donors (Lipinski definition) is 1. The molecule has 2 aromatic carbocycles. The van der Waals surface area contributed by atoms with Gasteiger partial charge in [-0.25, -0.2) is 8.42 Å². The first-order valence-electron chi connectivity index (χ1n) is 8.05. The van der Waals surface area contributed by atoms with E-state index in [9.17, 15) is 13.2 Å². The fourth-order valence-corrected chi connectivity index (χ4v) is 4.64. The van der Waals surface area contributed by atoms with Crippen molar-refractivity contribution in [1.82, 2.24) is 4.31 Å². The number of halogens is 2. The SMILES string of the molecule is CCCN(CC(=O)Nc1ccccc1C)S(=O)(=O)c1cc(Cl)cc(Cl)c1. The van der Waals surface area contributed by atoms with Crippen LogP contribution in [0.15, 0.2) is 47.4 Å². The molecule has 5 nitrogen and oxygen atoms in total. The zero-order valence-electron chi connectivity index (χ0n) is 14.5. The molecule has 0 saturated heterocycles. The average molecular weight is 415 g/mol. The number of carbonyl (C=O) groups excluding carboxylic acids is 1. The predicted octanol–water partition coefficient (Wildman–Crippen LogP) is 4.34. The van der Waals surface area contributed by atoms with Gasteiger partial charge in [0.25, 0.3) is 0 Å². The molecule has 0 aliphatic carbocycles. The van der Waals surface area contributed by atoms with Crippen molar-refractivity contribution in [2.75, 3.05) is 18.4 Å². The minimum Gasteiger partial charge on any atom is -0.325 e. The first-order valence-corrected chi connectivity index (χ1v) is 10.3. The first kappa shape index (κ1) is 20.7. The van der Waals surface area contributed by atoms with Crippen LogP contribution in [0.2, 0.25) is 10.0 Å². The molecule has 1 amide bonds. The van der Waals surface area contributed by atoms with Crippen molar-refractivity contribution < 1.29 is 13.2 Å². The van der Waals surface area contributed by atoms with Gasteiger partial charge in [-0.3, -0.25) is 4.79 Å². The Morgan fingerprint density at radius 1 is 1.12 bits per heavy atom. The Balaban J connectivity index is 2.24. The summed E-state index contributed by atoms with van der Waals surface area (Å²) in [5.74, 6) is -0.413. The summed E-state index contributed by atoms with van der Waals surface area (Å²) < 4.78 is 26.9. The Hall–Kier alpha value is -1.60. The van der Waals surface area contributed by atoms with Crippen LogP contribution >= 0.6 is 23.2 Å². The van der Waals surface area contributed by atoms with Crippen LogP contribution in [-0.2, 0) is 14.8 Å². The van der Waals surface area contributed by atoms with E-state index in [-0.39, 0.29) is 28.0 Å². The minimum absolute atomic E-state index is 0.0351. The standard InChI is InChI=1S/C18H20Cl2N2O3S/c1-3-8-22(12-18(23)21-17-7-5-4-6-13(17)2)26(24,25)16-10-14(19)9-15(20)11-16/h4-7,9-11H,3,8,12H2,1-2H3,(H,21,23). The summed E-state index contributed by atoms with van der Waals surface area (Å²) in [5, 5.41) is 3.19. The van der Waals surface area contributed by atoms with Crippen LogP contribution in [0.3, 0.4) is 0 Å². The normalized spacial score (nSPS) is 11.6. The van der Waals surface area contributed by atoms with Crippen molar-refractivity contribution in [2.45, 2.75) is 25.2 Å². The molecule has 0 unspecified atom stereocenters. The molecule has 0 saturated carbocycles. The Bertz CT molecular complexity index is 881. The molecule has 2 rings (SSSR count). The Labute approximate surface area is 164 Å². The van der Waals surface area contributed by atoms with Crippen LogP contribution < -0.4 is 5.32 Å². The number of para-hydroxylation sites is 1. The molecule has 0 aromatic heterocycles. The summed E-state index contributed by atoms with van der Waals surface area (Å²) in [6.45, 7) is 3.61. The largest absolute Gasteiger partial charge is 0.325 e.